The molecule has 0 bridgehead atoms. The first kappa shape index (κ1) is 23.8. The highest BCUT2D eigenvalue weighted by atomic mass is 32.2. The molecule has 0 saturated heterocycles. The number of carbonyl (C=O) groups is 1. The zero-order valence-corrected chi connectivity index (χ0v) is 20.1. The fraction of sp³-hybridized carbons (Fsp3) is 0.292. The fourth-order valence-corrected chi connectivity index (χ4v) is 4.69. The molecule has 0 aliphatic heterocycles. The molecule has 0 atom stereocenters. The van der Waals surface area contributed by atoms with Crippen molar-refractivity contribution >= 4 is 40.2 Å². The monoisotopic (exact) mass is 469 g/mol. The summed E-state index contributed by atoms with van der Waals surface area (Å²) in [4.78, 5) is 12.2. The zero-order chi connectivity index (χ0) is 22.8. The summed E-state index contributed by atoms with van der Waals surface area (Å²) < 4.78 is 12.3. The molecule has 0 unspecified atom stereocenters. The van der Waals surface area contributed by atoms with E-state index in [4.69, 9.17) is 9.47 Å². The summed E-state index contributed by atoms with van der Waals surface area (Å²) in [6.07, 6.45) is 5.47. The molecule has 0 aliphatic carbocycles. The van der Waals surface area contributed by atoms with E-state index in [9.17, 15) is 4.79 Å². The zero-order valence-electron chi connectivity index (χ0n) is 18.5. The van der Waals surface area contributed by atoms with Gasteiger partial charge in [0.25, 0.3) is 0 Å². The number of benzene rings is 2. The van der Waals surface area contributed by atoms with Gasteiger partial charge in [0.15, 0.2) is 15.8 Å². The van der Waals surface area contributed by atoms with Crippen molar-refractivity contribution in [2.24, 2.45) is 0 Å². The second kappa shape index (κ2) is 12.3. The number of thioether (sulfide) groups is 1. The molecule has 8 heteroatoms. The molecule has 0 fully saturated rings. The van der Waals surface area contributed by atoms with E-state index in [2.05, 4.69) is 35.4 Å². The second-order valence-electron chi connectivity index (χ2n) is 7.02. The number of nitrogens with one attached hydrogen (secondary N) is 1. The van der Waals surface area contributed by atoms with E-state index >= 15 is 0 Å². The van der Waals surface area contributed by atoms with Gasteiger partial charge in [-0.25, -0.2) is 0 Å². The van der Waals surface area contributed by atoms with E-state index in [-0.39, 0.29) is 5.91 Å². The number of carbonyl (C=O) groups excluding carboxylic acids is 1. The lowest BCUT2D eigenvalue weighted by Crippen LogP contribution is -2.07. The molecule has 1 aromatic heterocycles. The Kier molecular flexibility index (Phi) is 9.13. The average Bonchev–Trinajstić information content (AvgIpc) is 3.24. The molecule has 3 aromatic rings. The van der Waals surface area contributed by atoms with Crippen LogP contribution < -0.4 is 14.8 Å². The minimum atomic E-state index is -0.259. The maximum atomic E-state index is 12.2. The van der Waals surface area contributed by atoms with Gasteiger partial charge < -0.3 is 9.47 Å². The Balaban J connectivity index is 1.57. The van der Waals surface area contributed by atoms with Gasteiger partial charge in [-0.15, -0.1) is 10.2 Å². The average molecular weight is 470 g/mol. The highest BCUT2D eigenvalue weighted by molar-refractivity contribution is 8.01. The van der Waals surface area contributed by atoms with Gasteiger partial charge in [0.2, 0.25) is 11.0 Å². The minimum absolute atomic E-state index is 0.259. The highest BCUT2D eigenvalue weighted by Crippen LogP contribution is 2.30. The van der Waals surface area contributed by atoms with E-state index in [1.54, 1.807) is 24.9 Å². The number of hydrogen-bond acceptors (Lipinski definition) is 7. The number of methoxy groups -OCH3 is 1. The largest absolute Gasteiger partial charge is 0.493 e. The summed E-state index contributed by atoms with van der Waals surface area (Å²) in [6, 6.07) is 13.7. The van der Waals surface area contributed by atoms with Gasteiger partial charge in [0, 0.05) is 11.8 Å². The number of rotatable bonds is 11. The molecule has 1 N–H and O–H groups in total. The lowest BCUT2D eigenvalue weighted by atomic mass is 10.1. The first-order valence-electron chi connectivity index (χ1n) is 10.4. The van der Waals surface area contributed by atoms with Crippen LogP contribution in [0.25, 0.3) is 6.08 Å². The van der Waals surface area contributed by atoms with Crippen LogP contribution in [0.3, 0.4) is 0 Å². The smallest absolute Gasteiger partial charge is 0.250 e. The Labute approximate surface area is 197 Å². The number of anilines is 1. The topological polar surface area (TPSA) is 73.3 Å². The van der Waals surface area contributed by atoms with E-state index in [1.807, 2.05) is 36.4 Å². The molecule has 0 radical (unpaired) electrons. The third-order valence-corrected chi connectivity index (χ3v) is 6.68. The van der Waals surface area contributed by atoms with Gasteiger partial charge in [0.1, 0.15) is 6.61 Å². The van der Waals surface area contributed by atoms with Crippen LogP contribution in [0, 0.1) is 6.92 Å². The summed E-state index contributed by atoms with van der Waals surface area (Å²) in [5.41, 5.74) is 3.13. The van der Waals surface area contributed by atoms with Crippen LogP contribution in [0.1, 0.15) is 36.5 Å². The number of amides is 1. The predicted molar refractivity (Wildman–Crippen MR) is 132 cm³/mol. The highest BCUT2D eigenvalue weighted by Gasteiger charge is 2.08. The van der Waals surface area contributed by atoms with Crippen LogP contribution in [0.5, 0.6) is 11.5 Å². The Bertz CT molecular complexity index is 1070. The molecule has 1 heterocycles. The first-order chi connectivity index (χ1) is 15.6. The summed E-state index contributed by atoms with van der Waals surface area (Å²) in [7, 11) is 1.60. The van der Waals surface area contributed by atoms with Crippen LogP contribution in [0.15, 0.2) is 52.9 Å². The summed E-state index contributed by atoms with van der Waals surface area (Å²) in [5.74, 6) is 2.01. The number of ether oxygens (including phenoxy) is 2. The van der Waals surface area contributed by atoms with Gasteiger partial charge in [0.05, 0.1) is 7.11 Å². The second-order valence-corrected chi connectivity index (χ2v) is 9.34. The van der Waals surface area contributed by atoms with E-state index < -0.39 is 0 Å². The van der Waals surface area contributed by atoms with Crippen molar-refractivity contribution in [2.45, 2.75) is 37.6 Å². The van der Waals surface area contributed by atoms with E-state index in [0.717, 1.165) is 34.1 Å². The predicted octanol–water partition coefficient (Wildman–Crippen LogP) is 5.98. The molecule has 32 heavy (non-hydrogen) atoms. The standard InChI is InChI=1S/C24H27N3O3S2/c1-4-5-14-31-24-27-26-23(32-24)25-22(28)13-11-18-10-12-20(21(15-18)29-3)30-16-19-9-7-6-8-17(19)2/h6-13,15H,4-5,14,16H2,1-3H3,(H,25,26,28)/b13-11+. The Morgan fingerprint density at radius 2 is 2.03 bits per heavy atom. The lowest BCUT2D eigenvalue weighted by molar-refractivity contribution is -0.111. The normalized spacial score (nSPS) is 11.0. The molecule has 3 rings (SSSR count). The number of aromatic nitrogens is 2. The lowest BCUT2D eigenvalue weighted by Gasteiger charge is -2.12. The van der Waals surface area contributed by atoms with Gasteiger partial charge in [-0.1, -0.05) is 66.8 Å². The molecule has 168 valence electrons. The van der Waals surface area contributed by atoms with Crippen LogP contribution in [-0.4, -0.2) is 29.0 Å². The van der Waals surface area contributed by atoms with Crippen molar-refractivity contribution < 1.29 is 14.3 Å². The van der Waals surface area contributed by atoms with E-state index in [1.165, 1.54) is 23.0 Å². The number of hydrogen-bond donors (Lipinski definition) is 1. The van der Waals surface area contributed by atoms with E-state index in [0.29, 0.717) is 23.2 Å². The van der Waals surface area contributed by atoms with Crippen molar-refractivity contribution in [2.75, 3.05) is 18.2 Å². The molecular formula is C24H27N3O3S2. The van der Waals surface area contributed by atoms with Gasteiger partial charge in [-0.2, -0.15) is 0 Å². The van der Waals surface area contributed by atoms with Gasteiger partial charge >= 0.3 is 0 Å². The van der Waals surface area contributed by atoms with Crippen molar-refractivity contribution in [1.29, 1.82) is 0 Å². The Morgan fingerprint density at radius 3 is 2.81 bits per heavy atom. The fourth-order valence-electron chi connectivity index (χ4n) is 2.78. The number of nitrogens with zero attached hydrogens (tertiary/aromatic N) is 2. The third kappa shape index (κ3) is 7.10. The molecule has 1 amide bonds. The summed E-state index contributed by atoms with van der Waals surface area (Å²) >= 11 is 3.05. The summed E-state index contributed by atoms with van der Waals surface area (Å²) in [5, 5.41) is 11.4. The SMILES string of the molecule is CCCCSc1nnc(NC(=O)/C=C/c2ccc(OCc3ccccc3C)c(OC)c2)s1. The molecule has 6 nitrogen and oxygen atoms in total. The van der Waals surface area contributed by atoms with Crippen LogP contribution in [0.4, 0.5) is 5.13 Å². The minimum Gasteiger partial charge on any atom is -0.493 e. The van der Waals surface area contributed by atoms with Crippen LogP contribution >= 0.6 is 23.1 Å². The quantitative estimate of drug-likeness (QED) is 0.161. The Hall–Kier alpha value is -2.84. The van der Waals surface area contributed by atoms with Crippen LogP contribution in [0.2, 0.25) is 0 Å². The molecule has 0 saturated carbocycles. The first-order valence-corrected chi connectivity index (χ1v) is 12.2. The van der Waals surface area contributed by atoms with Crippen molar-refractivity contribution in [3.63, 3.8) is 0 Å². The van der Waals surface area contributed by atoms with Gasteiger partial charge in [-0.05, 0) is 48.2 Å². The third-order valence-electron chi connectivity index (χ3n) is 4.62. The van der Waals surface area contributed by atoms with Crippen molar-refractivity contribution in [3.8, 4) is 11.5 Å². The maximum Gasteiger partial charge on any atom is 0.250 e. The summed E-state index contributed by atoms with van der Waals surface area (Å²) in [6.45, 7) is 4.67. The van der Waals surface area contributed by atoms with Crippen molar-refractivity contribution in [1.82, 2.24) is 10.2 Å². The Morgan fingerprint density at radius 1 is 1.19 bits per heavy atom. The molecule has 0 aliphatic rings. The molecular weight excluding hydrogens is 442 g/mol. The van der Waals surface area contributed by atoms with Crippen molar-refractivity contribution in [3.05, 3.63) is 65.2 Å². The molecule has 0 spiro atoms. The van der Waals surface area contributed by atoms with Gasteiger partial charge in [-0.3, -0.25) is 10.1 Å². The van der Waals surface area contributed by atoms with Crippen LogP contribution in [-0.2, 0) is 11.4 Å². The molecule has 2 aromatic carbocycles. The number of aryl methyl sites for hydroxylation is 1. The number of unbranched alkanes of at least 4 members (excludes halogenated alkanes) is 1. The maximum absolute atomic E-state index is 12.2.